The van der Waals surface area contributed by atoms with E-state index in [1.165, 1.54) is 30.2 Å². The molecule has 1 aliphatic heterocycles. The van der Waals surface area contributed by atoms with Gasteiger partial charge in [-0.3, -0.25) is 19.5 Å². The van der Waals surface area contributed by atoms with Gasteiger partial charge in [0.2, 0.25) is 0 Å². The van der Waals surface area contributed by atoms with Crippen LogP contribution in [0.5, 0.6) is 5.75 Å². The zero-order chi connectivity index (χ0) is 26.7. The van der Waals surface area contributed by atoms with Crippen LogP contribution in [0.15, 0.2) is 82.6 Å². The molecule has 39 heavy (non-hydrogen) atoms. The molecule has 0 saturated heterocycles. The standard InChI is InChI=1S/C30H25ClN2O4S2/c31-23-9-5-4-6-19(23)16-37-24-13-12-21(33(35)36)15-22(24)26-25-17-10-11-18(14-17)27(25)38-29-28(26)39-30(34)32(29)20-7-2-1-3-8-20/h1-9,12-13,15,17-18,25-27H,10-11,14,16H2/t17-,18-,25+,26-,27-/m0/s1. The average Bonchev–Trinajstić information content (AvgIpc) is 3.65. The first-order valence-electron chi connectivity index (χ1n) is 13.1. The van der Waals surface area contributed by atoms with Gasteiger partial charge in [0.05, 0.1) is 15.6 Å². The number of halogens is 1. The highest BCUT2D eigenvalue weighted by Gasteiger charge is 2.56. The van der Waals surface area contributed by atoms with Gasteiger partial charge in [0.15, 0.2) is 0 Å². The summed E-state index contributed by atoms with van der Waals surface area (Å²) in [5.41, 5.74) is 2.52. The minimum Gasteiger partial charge on any atom is -0.489 e. The van der Waals surface area contributed by atoms with Gasteiger partial charge in [0.1, 0.15) is 12.4 Å². The summed E-state index contributed by atoms with van der Waals surface area (Å²) in [4.78, 5) is 26.0. The fraction of sp³-hybridized carbons (Fsp3) is 0.300. The summed E-state index contributed by atoms with van der Waals surface area (Å²) >= 11 is 9.51. The molecule has 0 N–H and O–H groups in total. The number of rotatable bonds is 6. The highest BCUT2D eigenvalue weighted by Crippen LogP contribution is 2.65. The first-order valence-corrected chi connectivity index (χ1v) is 15.2. The maximum atomic E-state index is 13.5. The molecule has 2 aliphatic carbocycles. The third-order valence-electron chi connectivity index (χ3n) is 8.51. The van der Waals surface area contributed by atoms with Crippen LogP contribution in [0, 0.1) is 27.9 Å². The van der Waals surface area contributed by atoms with Crippen molar-refractivity contribution in [1.82, 2.24) is 4.57 Å². The molecule has 198 valence electrons. The largest absolute Gasteiger partial charge is 0.489 e. The minimum atomic E-state index is -0.351. The third kappa shape index (κ3) is 4.20. The number of nitrogens with zero attached hydrogens (tertiary/aromatic N) is 2. The molecule has 2 fully saturated rings. The summed E-state index contributed by atoms with van der Waals surface area (Å²) in [6.45, 7) is 0.250. The number of aromatic nitrogens is 1. The highest BCUT2D eigenvalue weighted by molar-refractivity contribution is 8.00. The van der Waals surface area contributed by atoms with E-state index in [1.54, 1.807) is 12.1 Å². The number of ether oxygens (including phenoxy) is 1. The molecule has 0 radical (unpaired) electrons. The molecule has 2 bridgehead atoms. The minimum absolute atomic E-state index is 0.0278. The summed E-state index contributed by atoms with van der Waals surface area (Å²) in [6, 6.07) is 22.2. The molecule has 0 spiro atoms. The Kier molecular flexibility index (Phi) is 6.29. The van der Waals surface area contributed by atoms with E-state index < -0.39 is 0 Å². The number of benzene rings is 3. The molecule has 0 amide bonds. The molecular weight excluding hydrogens is 552 g/mol. The zero-order valence-corrected chi connectivity index (χ0v) is 23.3. The maximum Gasteiger partial charge on any atom is 0.312 e. The van der Waals surface area contributed by atoms with Gasteiger partial charge in [0.25, 0.3) is 5.69 Å². The molecule has 7 rings (SSSR count). The van der Waals surface area contributed by atoms with E-state index in [4.69, 9.17) is 16.3 Å². The first-order chi connectivity index (χ1) is 19.0. The van der Waals surface area contributed by atoms with Crippen molar-refractivity contribution in [3.8, 4) is 11.4 Å². The number of hydrogen-bond donors (Lipinski definition) is 0. The van der Waals surface area contributed by atoms with Gasteiger partial charge in [-0.15, -0.1) is 11.8 Å². The summed E-state index contributed by atoms with van der Waals surface area (Å²) in [5, 5.41) is 13.9. The van der Waals surface area contributed by atoms with Crippen molar-refractivity contribution in [2.75, 3.05) is 0 Å². The van der Waals surface area contributed by atoms with Crippen molar-refractivity contribution in [2.24, 2.45) is 17.8 Å². The van der Waals surface area contributed by atoms with E-state index in [9.17, 15) is 14.9 Å². The summed E-state index contributed by atoms with van der Waals surface area (Å²) in [7, 11) is 0. The summed E-state index contributed by atoms with van der Waals surface area (Å²) < 4.78 is 8.20. The second-order valence-corrected chi connectivity index (χ2v) is 13.1. The van der Waals surface area contributed by atoms with Crippen molar-refractivity contribution in [1.29, 1.82) is 0 Å². The third-order valence-corrected chi connectivity index (χ3v) is 11.6. The number of non-ortho nitro benzene ring substituents is 1. The van der Waals surface area contributed by atoms with Crippen molar-refractivity contribution >= 4 is 40.4 Å². The van der Waals surface area contributed by atoms with Crippen LogP contribution in [-0.4, -0.2) is 14.7 Å². The predicted molar refractivity (Wildman–Crippen MR) is 155 cm³/mol. The zero-order valence-electron chi connectivity index (χ0n) is 20.9. The van der Waals surface area contributed by atoms with Crippen molar-refractivity contribution in [3.05, 3.63) is 114 Å². The summed E-state index contributed by atoms with van der Waals surface area (Å²) in [5.74, 6) is 1.88. The predicted octanol–water partition coefficient (Wildman–Crippen LogP) is 7.69. The molecule has 5 atom stereocenters. The van der Waals surface area contributed by atoms with Crippen molar-refractivity contribution in [2.45, 2.75) is 42.1 Å². The second-order valence-electron chi connectivity index (χ2n) is 10.5. The molecule has 9 heteroatoms. The molecular formula is C30H25ClN2O4S2. The molecule has 3 aromatic carbocycles. The normalized spacial score (nSPS) is 24.8. The number of nitro groups is 1. The Morgan fingerprint density at radius 3 is 2.59 bits per heavy atom. The van der Waals surface area contributed by atoms with Gasteiger partial charge < -0.3 is 4.74 Å². The second kappa shape index (κ2) is 9.84. The van der Waals surface area contributed by atoms with E-state index in [0.717, 1.165) is 33.1 Å². The van der Waals surface area contributed by atoms with E-state index in [-0.39, 0.29) is 28.0 Å². The van der Waals surface area contributed by atoms with Crippen LogP contribution in [-0.2, 0) is 6.61 Å². The van der Waals surface area contributed by atoms with Gasteiger partial charge in [-0.1, -0.05) is 59.3 Å². The summed E-state index contributed by atoms with van der Waals surface area (Å²) in [6.07, 6.45) is 3.54. The number of hydrogen-bond acceptors (Lipinski definition) is 6. The van der Waals surface area contributed by atoms with E-state index in [2.05, 4.69) is 0 Å². The van der Waals surface area contributed by atoms with Crippen LogP contribution in [0.25, 0.3) is 5.69 Å². The average molecular weight is 577 g/mol. The van der Waals surface area contributed by atoms with E-state index >= 15 is 0 Å². The van der Waals surface area contributed by atoms with Gasteiger partial charge in [-0.05, 0) is 61.3 Å². The highest BCUT2D eigenvalue weighted by atomic mass is 35.5. The fourth-order valence-electron chi connectivity index (χ4n) is 6.85. The molecule has 4 aromatic rings. The Bertz CT molecular complexity index is 1640. The lowest BCUT2D eigenvalue weighted by Crippen LogP contribution is -2.34. The monoisotopic (exact) mass is 576 g/mol. The molecule has 0 unspecified atom stereocenters. The number of fused-ring (bicyclic) bond motifs is 6. The smallest absolute Gasteiger partial charge is 0.312 e. The molecule has 2 heterocycles. The van der Waals surface area contributed by atoms with Crippen molar-refractivity contribution in [3.63, 3.8) is 0 Å². The number of thioether (sulfide) groups is 1. The van der Waals surface area contributed by atoms with E-state index in [0.29, 0.717) is 33.8 Å². The van der Waals surface area contributed by atoms with Crippen LogP contribution in [0.2, 0.25) is 5.02 Å². The van der Waals surface area contributed by atoms with Crippen LogP contribution < -0.4 is 9.61 Å². The first kappa shape index (κ1) is 24.9. The Morgan fingerprint density at radius 1 is 1.03 bits per heavy atom. The van der Waals surface area contributed by atoms with Gasteiger partial charge in [-0.25, -0.2) is 0 Å². The lowest BCUT2D eigenvalue weighted by Gasteiger charge is -2.40. The fourth-order valence-corrected chi connectivity index (χ4v) is 10.2. The molecule has 1 aromatic heterocycles. The van der Waals surface area contributed by atoms with Gasteiger partial charge >= 0.3 is 4.87 Å². The lowest BCUT2D eigenvalue weighted by atomic mass is 9.74. The van der Waals surface area contributed by atoms with Crippen LogP contribution in [0.3, 0.4) is 0 Å². The molecule has 6 nitrogen and oxygen atoms in total. The molecule has 3 aliphatic rings. The van der Waals surface area contributed by atoms with Crippen LogP contribution >= 0.6 is 34.7 Å². The number of nitro benzene ring substituents is 1. The van der Waals surface area contributed by atoms with E-state index in [1.807, 2.05) is 70.9 Å². The Labute approximate surface area is 238 Å². The number of thiazole rings is 1. The topological polar surface area (TPSA) is 74.4 Å². The Hall–Kier alpha value is -3.07. The van der Waals surface area contributed by atoms with Crippen LogP contribution in [0.1, 0.15) is 41.2 Å². The molecule has 2 saturated carbocycles. The van der Waals surface area contributed by atoms with Crippen LogP contribution in [0.4, 0.5) is 5.69 Å². The van der Waals surface area contributed by atoms with Gasteiger partial charge in [0, 0.05) is 44.3 Å². The number of para-hydroxylation sites is 1. The quantitative estimate of drug-likeness (QED) is 0.174. The Balaban J connectivity index is 1.39. The lowest BCUT2D eigenvalue weighted by molar-refractivity contribution is -0.385. The SMILES string of the molecule is O=c1sc2c(n1-c1ccccc1)S[C@H]1[C@H]3CC[C@@H](C3)[C@@H]1[C@@H]2c1cc([N+](=O)[O-])ccc1OCc1ccccc1Cl. The Morgan fingerprint density at radius 2 is 1.79 bits per heavy atom. The van der Waals surface area contributed by atoms with Gasteiger partial charge in [-0.2, -0.15) is 0 Å². The maximum absolute atomic E-state index is 13.5. The van der Waals surface area contributed by atoms with Crippen molar-refractivity contribution < 1.29 is 9.66 Å².